The summed E-state index contributed by atoms with van der Waals surface area (Å²) in [6, 6.07) is 0.250. The van der Waals surface area contributed by atoms with Gasteiger partial charge in [-0.1, -0.05) is 32.2 Å². The van der Waals surface area contributed by atoms with E-state index < -0.39 is 0 Å². The van der Waals surface area contributed by atoms with E-state index in [-0.39, 0.29) is 11.5 Å². The lowest BCUT2D eigenvalue weighted by atomic mass is 9.89. The van der Waals surface area contributed by atoms with Crippen LogP contribution in [-0.4, -0.2) is 21.1 Å². The standard InChI is InChI=1S/C14H22N4S2/c1-6-15-10(7-11-16-9(2)8-19-11)12-13(14(3,4)5)17-18-20-12/h8,10,15H,6-7H2,1-5H3. The Labute approximate surface area is 128 Å². The van der Waals surface area contributed by atoms with Crippen molar-refractivity contribution in [1.82, 2.24) is 19.9 Å². The molecule has 1 N–H and O–H groups in total. The highest BCUT2D eigenvalue weighted by Crippen LogP contribution is 2.32. The molecule has 0 bridgehead atoms. The van der Waals surface area contributed by atoms with E-state index in [1.807, 2.05) is 6.92 Å². The van der Waals surface area contributed by atoms with Crippen LogP contribution in [0.4, 0.5) is 0 Å². The fraction of sp³-hybridized carbons (Fsp3) is 0.643. The first-order chi connectivity index (χ1) is 9.41. The van der Waals surface area contributed by atoms with Gasteiger partial charge in [-0.3, -0.25) is 0 Å². The van der Waals surface area contributed by atoms with Gasteiger partial charge in [-0.05, 0) is 25.0 Å². The van der Waals surface area contributed by atoms with Gasteiger partial charge in [-0.2, -0.15) is 0 Å². The van der Waals surface area contributed by atoms with Crippen molar-refractivity contribution in [3.63, 3.8) is 0 Å². The van der Waals surface area contributed by atoms with Crippen LogP contribution in [0.5, 0.6) is 0 Å². The van der Waals surface area contributed by atoms with Crippen molar-refractivity contribution in [2.75, 3.05) is 6.54 Å². The molecule has 6 heteroatoms. The van der Waals surface area contributed by atoms with Gasteiger partial charge >= 0.3 is 0 Å². The largest absolute Gasteiger partial charge is 0.309 e. The van der Waals surface area contributed by atoms with Crippen molar-refractivity contribution in [3.05, 3.63) is 26.7 Å². The molecule has 20 heavy (non-hydrogen) atoms. The summed E-state index contributed by atoms with van der Waals surface area (Å²) in [6.07, 6.45) is 0.902. The molecule has 2 aromatic heterocycles. The quantitative estimate of drug-likeness (QED) is 0.918. The van der Waals surface area contributed by atoms with Crippen LogP contribution in [0.15, 0.2) is 5.38 Å². The molecule has 2 rings (SSSR count). The van der Waals surface area contributed by atoms with E-state index in [0.29, 0.717) is 0 Å². The molecule has 4 nitrogen and oxygen atoms in total. The first kappa shape index (κ1) is 15.5. The van der Waals surface area contributed by atoms with Crippen molar-refractivity contribution < 1.29 is 0 Å². The van der Waals surface area contributed by atoms with Gasteiger partial charge in [0.25, 0.3) is 0 Å². The summed E-state index contributed by atoms with van der Waals surface area (Å²) in [5.74, 6) is 0. The van der Waals surface area contributed by atoms with E-state index in [9.17, 15) is 0 Å². The molecule has 0 aliphatic heterocycles. The summed E-state index contributed by atoms with van der Waals surface area (Å²) >= 11 is 3.23. The number of thiazole rings is 1. The molecule has 1 atom stereocenters. The monoisotopic (exact) mass is 310 g/mol. The van der Waals surface area contributed by atoms with Gasteiger partial charge in [-0.25, -0.2) is 4.98 Å². The Balaban J connectivity index is 2.27. The summed E-state index contributed by atoms with van der Waals surface area (Å²) in [4.78, 5) is 5.82. The summed E-state index contributed by atoms with van der Waals surface area (Å²) in [5, 5.41) is 11.2. The fourth-order valence-corrected chi connectivity index (χ4v) is 3.88. The van der Waals surface area contributed by atoms with Crippen molar-refractivity contribution >= 4 is 22.9 Å². The van der Waals surface area contributed by atoms with Gasteiger partial charge in [0.1, 0.15) is 0 Å². The Bertz CT molecular complexity index is 554. The molecule has 0 amide bonds. The zero-order valence-corrected chi connectivity index (χ0v) is 14.4. The number of aromatic nitrogens is 3. The molecular weight excluding hydrogens is 288 g/mol. The van der Waals surface area contributed by atoms with Crippen LogP contribution < -0.4 is 5.32 Å². The second-order valence-corrected chi connectivity index (χ2v) is 7.66. The van der Waals surface area contributed by atoms with Crippen molar-refractivity contribution in [2.45, 2.75) is 52.5 Å². The Morgan fingerprint density at radius 3 is 2.65 bits per heavy atom. The number of hydrogen-bond donors (Lipinski definition) is 1. The number of hydrogen-bond acceptors (Lipinski definition) is 6. The summed E-state index contributed by atoms with van der Waals surface area (Å²) in [6.45, 7) is 11.6. The maximum atomic E-state index is 4.58. The molecule has 0 aliphatic carbocycles. The number of nitrogens with one attached hydrogen (secondary N) is 1. The van der Waals surface area contributed by atoms with E-state index in [1.165, 1.54) is 21.4 Å². The second-order valence-electron chi connectivity index (χ2n) is 5.93. The van der Waals surface area contributed by atoms with Crippen LogP contribution in [0.25, 0.3) is 0 Å². The Kier molecular flexibility index (Phi) is 4.88. The molecule has 0 aliphatic rings. The fourth-order valence-electron chi connectivity index (χ4n) is 2.12. The lowest BCUT2D eigenvalue weighted by Crippen LogP contribution is -2.25. The summed E-state index contributed by atoms with van der Waals surface area (Å²) in [5.41, 5.74) is 2.22. The summed E-state index contributed by atoms with van der Waals surface area (Å²) in [7, 11) is 0. The lowest BCUT2D eigenvalue weighted by molar-refractivity contribution is 0.514. The molecule has 110 valence electrons. The van der Waals surface area contributed by atoms with E-state index in [2.05, 4.69) is 53.0 Å². The van der Waals surface area contributed by atoms with Crippen LogP contribution >= 0.6 is 22.9 Å². The Hall–Kier alpha value is -0.850. The van der Waals surface area contributed by atoms with Crippen LogP contribution in [0, 0.1) is 6.92 Å². The van der Waals surface area contributed by atoms with Gasteiger partial charge in [0.2, 0.25) is 0 Å². The molecule has 0 aromatic carbocycles. The molecule has 0 radical (unpaired) electrons. The van der Waals surface area contributed by atoms with Crippen molar-refractivity contribution in [2.24, 2.45) is 0 Å². The SMILES string of the molecule is CCNC(Cc1nc(C)cs1)c1snnc1C(C)(C)C. The number of likely N-dealkylation sites (N-methyl/N-ethyl adjacent to an activating group) is 1. The Morgan fingerprint density at radius 2 is 2.10 bits per heavy atom. The van der Waals surface area contributed by atoms with Crippen LogP contribution in [0.2, 0.25) is 0 Å². The minimum absolute atomic E-state index is 0.0226. The zero-order chi connectivity index (χ0) is 14.8. The Morgan fingerprint density at radius 1 is 1.35 bits per heavy atom. The predicted octanol–water partition coefficient (Wildman–Crippen LogP) is 3.49. The predicted molar refractivity (Wildman–Crippen MR) is 85.6 cm³/mol. The number of aryl methyl sites for hydroxylation is 1. The zero-order valence-electron chi connectivity index (χ0n) is 12.7. The molecule has 0 spiro atoms. The van der Waals surface area contributed by atoms with E-state index in [1.54, 1.807) is 11.3 Å². The van der Waals surface area contributed by atoms with E-state index >= 15 is 0 Å². The molecule has 0 fully saturated rings. The van der Waals surface area contributed by atoms with Gasteiger partial charge in [0.15, 0.2) is 0 Å². The minimum Gasteiger partial charge on any atom is -0.309 e. The number of nitrogens with zero attached hydrogens (tertiary/aromatic N) is 3. The molecule has 1 unspecified atom stereocenters. The highest BCUT2D eigenvalue weighted by molar-refractivity contribution is 7.09. The van der Waals surface area contributed by atoms with Crippen molar-refractivity contribution in [1.29, 1.82) is 0 Å². The third-order valence-electron chi connectivity index (χ3n) is 3.04. The highest BCUT2D eigenvalue weighted by Gasteiger charge is 2.27. The second kappa shape index (κ2) is 6.28. The lowest BCUT2D eigenvalue weighted by Gasteiger charge is -2.21. The van der Waals surface area contributed by atoms with Gasteiger partial charge in [0, 0.05) is 22.9 Å². The van der Waals surface area contributed by atoms with E-state index in [4.69, 9.17) is 0 Å². The molecule has 0 saturated heterocycles. The smallest absolute Gasteiger partial charge is 0.0947 e. The molecular formula is C14H22N4S2. The molecule has 2 aromatic rings. The van der Waals surface area contributed by atoms with Crippen LogP contribution in [-0.2, 0) is 11.8 Å². The maximum Gasteiger partial charge on any atom is 0.0947 e. The third kappa shape index (κ3) is 3.62. The molecule has 2 heterocycles. The van der Waals surface area contributed by atoms with Gasteiger partial charge < -0.3 is 5.32 Å². The van der Waals surface area contributed by atoms with Crippen molar-refractivity contribution in [3.8, 4) is 0 Å². The van der Waals surface area contributed by atoms with Crippen LogP contribution in [0.1, 0.15) is 55.0 Å². The average molecular weight is 310 g/mol. The topological polar surface area (TPSA) is 50.7 Å². The summed E-state index contributed by atoms with van der Waals surface area (Å²) < 4.78 is 4.17. The van der Waals surface area contributed by atoms with E-state index in [0.717, 1.165) is 24.4 Å². The first-order valence-electron chi connectivity index (χ1n) is 6.89. The maximum absolute atomic E-state index is 4.58. The normalized spacial score (nSPS) is 13.7. The van der Waals surface area contributed by atoms with Crippen LogP contribution in [0.3, 0.4) is 0 Å². The minimum atomic E-state index is 0.0226. The first-order valence-corrected chi connectivity index (χ1v) is 8.54. The number of rotatable bonds is 5. The average Bonchev–Trinajstić information content (AvgIpc) is 2.96. The highest BCUT2D eigenvalue weighted by atomic mass is 32.1. The van der Waals surface area contributed by atoms with Gasteiger partial charge in [-0.15, -0.1) is 16.4 Å². The third-order valence-corrected chi connectivity index (χ3v) is 4.86. The van der Waals surface area contributed by atoms with Gasteiger partial charge in [0.05, 0.1) is 21.6 Å². The molecule has 0 saturated carbocycles.